The molecule has 116 valence electrons. The standard InChI is InChI=1S/C19H24N2O/c1-4-21(18-12-8-9-16(2)13-18)15-19(22)20(3)14-17-10-6-5-7-11-17/h5-13H,4,14-15H2,1-3H3. The summed E-state index contributed by atoms with van der Waals surface area (Å²) < 4.78 is 0. The fourth-order valence-corrected chi connectivity index (χ4v) is 2.44. The van der Waals surface area contributed by atoms with E-state index in [1.807, 2.05) is 43.4 Å². The Morgan fingerprint density at radius 2 is 1.77 bits per heavy atom. The topological polar surface area (TPSA) is 23.6 Å². The summed E-state index contributed by atoms with van der Waals surface area (Å²) in [6.45, 7) is 6.01. The minimum absolute atomic E-state index is 0.132. The Bertz CT molecular complexity index is 610. The smallest absolute Gasteiger partial charge is 0.242 e. The fourth-order valence-electron chi connectivity index (χ4n) is 2.44. The average Bonchev–Trinajstić information content (AvgIpc) is 2.53. The fraction of sp³-hybridized carbons (Fsp3) is 0.316. The van der Waals surface area contributed by atoms with E-state index in [4.69, 9.17) is 0 Å². The molecule has 0 aliphatic heterocycles. The molecular weight excluding hydrogens is 272 g/mol. The van der Waals surface area contributed by atoms with E-state index in [0.29, 0.717) is 13.1 Å². The number of hydrogen-bond acceptors (Lipinski definition) is 2. The second-order valence-electron chi connectivity index (χ2n) is 5.59. The number of likely N-dealkylation sites (N-methyl/N-ethyl adjacent to an activating group) is 2. The number of anilines is 1. The molecule has 0 aromatic heterocycles. The molecule has 0 spiro atoms. The second kappa shape index (κ2) is 7.64. The van der Waals surface area contributed by atoms with E-state index in [0.717, 1.165) is 17.8 Å². The monoisotopic (exact) mass is 296 g/mol. The molecule has 22 heavy (non-hydrogen) atoms. The summed E-state index contributed by atoms with van der Waals surface area (Å²) in [6.07, 6.45) is 0. The van der Waals surface area contributed by atoms with Gasteiger partial charge in [0.25, 0.3) is 0 Å². The molecule has 0 fully saturated rings. The van der Waals surface area contributed by atoms with Crippen LogP contribution in [0, 0.1) is 6.92 Å². The molecule has 1 amide bonds. The van der Waals surface area contributed by atoms with E-state index in [2.05, 4.69) is 36.9 Å². The van der Waals surface area contributed by atoms with Crippen LogP contribution in [0.25, 0.3) is 0 Å². The number of amides is 1. The van der Waals surface area contributed by atoms with Crippen LogP contribution in [0.3, 0.4) is 0 Å². The number of carbonyl (C=O) groups is 1. The Labute approximate surface area is 133 Å². The van der Waals surface area contributed by atoms with Crippen molar-refractivity contribution in [3.8, 4) is 0 Å². The van der Waals surface area contributed by atoms with Crippen molar-refractivity contribution in [1.82, 2.24) is 4.90 Å². The van der Waals surface area contributed by atoms with Gasteiger partial charge in [0.05, 0.1) is 6.54 Å². The number of rotatable bonds is 6. The van der Waals surface area contributed by atoms with Gasteiger partial charge in [0.2, 0.25) is 5.91 Å². The normalized spacial score (nSPS) is 10.3. The van der Waals surface area contributed by atoms with Crippen LogP contribution in [-0.2, 0) is 11.3 Å². The van der Waals surface area contributed by atoms with Gasteiger partial charge in [-0.3, -0.25) is 4.79 Å². The van der Waals surface area contributed by atoms with Crippen LogP contribution in [0.1, 0.15) is 18.1 Å². The first kappa shape index (κ1) is 16.1. The predicted molar refractivity (Wildman–Crippen MR) is 92.0 cm³/mol. The lowest BCUT2D eigenvalue weighted by atomic mass is 10.2. The van der Waals surface area contributed by atoms with Crippen LogP contribution in [0.5, 0.6) is 0 Å². The third-order valence-corrected chi connectivity index (χ3v) is 3.76. The van der Waals surface area contributed by atoms with Gasteiger partial charge in [0.1, 0.15) is 0 Å². The zero-order valence-electron chi connectivity index (χ0n) is 13.6. The lowest BCUT2D eigenvalue weighted by molar-refractivity contribution is -0.128. The Balaban J connectivity index is 2.00. The van der Waals surface area contributed by atoms with Crippen LogP contribution in [0.4, 0.5) is 5.69 Å². The van der Waals surface area contributed by atoms with Crippen LogP contribution in [0.15, 0.2) is 54.6 Å². The summed E-state index contributed by atoms with van der Waals surface area (Å²) in [5.41, 5.74) is 3.46. The Morgan fingerprint density at radius 3 is 2.41 bits per heavy atom. The third kappa shape index (κ3) is 4.35. The van der Waals surface area contributed by atoms with Crippen molar-refractivity contribution in [1.29, 1.82) is 0 Å². The van der Waals surface area contributed by atoms with Crippen molar-refractivity contribution >= 4 is 11.6 Å². The first-order chi connectivity index (χ1) is 10.6. The van der Waals surface area contributed by atoms with Crippen molar-refractivity contribution < 1.29 is 4.79 Å². The maximum Gasteiger partial charge on any atom is 0.242 e. The molecule has 3 nitrogen and oxygen atoms in total. The highest BCUT2D eigenvalue weighted by Crippen LogP contribution is 2.16. The second-order valence-corrected chi connectivity index (χ2v) is 5.59. The molecule has 0 atom stereocenters. The molecule has 2 rings (SSSR count). The summed E-state index contributed by atoms with van der Waals surface area (Å²) in [7, 11) is 1.86. The Morgan fingerprint density at radius 1 is 1.05 bits per heavy atom. The van der Waals surface area contributed by atoms with Gasteiger partial charge in [-0.05, 0) is 37.1 Å². The average molecular weight is 296 g/mol. The van der Waals surface area contributed by atoms with E-state index >= 15 is 0 Å². The molecule has 0 N–H and O–H groups in total. The Hall–Kier alpha value is -2.29. The summed E-state index contributed by atoms with van der Waals surface area (Å²) in [5.74, 6) is 0.132. The van der Waals surface area contributed by atoms with Gasteiger partial charge < -0.3 is 9.80 Å². The molecule has 0 aliphatic carbocycles. The van der Waals surface area contributed by atoms with E-state index in [9.17, 15) is 4.79 Å². The van der Waals surface area contributed by atoms with Crippen molar-refractivity contribution in [3.05, 3.63) is 65.7 Å². The molecule has 0 saturated heterocycles. The van der Waals surface area contributed by atoms with E-state index in [1.54, 1.807) is 4.90 Å². The molecule has 0 aliphatic rings. The van der Waals surface area contributed by atoms with Crippen LogP contribution >= 0.6 is 0 Å². The molecular formula is C19H24N2O. The van der Waals surface area contributed by atoms with Gasteiger partial charge in [-0.2, -0.15) is 0 Å². The predicted octanol–water partition coefficient (Wildman–Crippen LogP) is 3.48. The van der Waals surface area contributed by atoms with Gasteiger partial charge in [0, 0.05) is 25.8 Å². The first-order valence-electron chi connectivity index (χ1n) is 7.69. The molecule has 0 radical (unpaired) electrons. The number of carbonyl (C=O) groups excluding carboxylic acids is 1. The van der Waals surface area contributed by atoms with Crippen molar-refractivity contribution in [3.63, 3.8) is 0 Å². The highest BCUT2D eigenvalue weighted by molar-refractivity contribution is 5.81. The largest absolute Gasteiger partial charge is 0.362 e. The molecule has 0 unspecified atom stereocenters. The lowest BCUT2D eigenvalue weighted by Gasteiger charge is -2.26. The minimum Gasteiger partial charge on any atom is -0.362 e. The SMILES string of the molecule is CCN(CC(=O)N(C)Cc1ccccc1)c1cccc(C)c1. The highest BCUT2D eigenvalue weighted by atomic mass is 16.2. The lowest BCUT2D eigenvalue weighted by Crippen LogP contribution is -2.38. The minimum atomic E-state index is 0.132. The summed E-state index contributed by atoms with van der Waals surface area (Å²) in [5, 5.41) is 0. The van der Waals surface area contributed by atoms with Gasteiger partial charge in [-0.15, -0.1) is 0 Å². The van der Waals surface area contributed by atoms with Gasteiger partial charge in [-0.25, -0.2) is 0 Å². The zero-order chi connectivity index (χ0) is 15.9. The van der Waals surface area contributed by atoms with Crippen molar-refractivity contribution in [2.24, 2.45) is 0 Å². The summed E-state index contributed by atoms with van der Waals surface area (Å²) in [6, 6.07) is 18.4. The maximum atomic E-state index is 12.5. The highest BCUT2D eigenvalue weighted by Gasteiger charge is 2.14. The van der Waals surface area contributed by atoms with E-state index in [1.165, 1.54) is 5.56 Å². The number of nitrogens with zero attached hydrogens (tertiary/aromatic N) is 2. The van der Waals surface area contributed by atoms with Crippen molar-refractivity contribution in [2.75, 3.05) is 25.0 Å². The van der Waals surface area contributed by atoms with Gasteiger partial charge in [0.15, 0.2) is 0 Å². The van der Waals surface area contributed by atoms with E-state index < -0.39 is 0 Å². The van der Waals surface area contributed by atoms with Gasteiger partial charge in [-0.1, -0.05) is 42.5 Å². The molecule has 2 aromatic carbocycles. The van der Waals surface area contributed by atoms with Crippen molar-refractivity contribution in [2.45, 2.75) is 20.4 Å². The molecule has 2 aromatic rings. The van der Waals surface area contributed by atoms with Crippen LogP contribution in [-0.4, -0.2) is 30.9 Å². The Kier molecular flexibility index (Phi) is 5.59. The summed E-state index contributed by atoms with van der Waals surface area (Å²) >= 11 is 0. The van der Waals surface area contributed by atoms with Crippen LogP contribution < -0.4 is 4.90 Å². The number of hydrogen-bond donors (Lipinski definition) is 0. The first-order valence-corrected chi connectivity index (χ1v) is 7.69. The van der Waals surface area contributed by atoms with E-state index in [-0.39, 0.29) is 5.91 Å². The summed E-state index contributed by atoms with van der Waals surface area (Å²) in [4.78, 5) is 16.4. The molecule has 0 bridgehead atoms. The maximum absolute atomic E-state index is 12.5. The number of benzene rings is 2. The third-order valence-electron chi connectivity index (χ3n) is 3.76. The molecule has 3 heteroatoms. The quantitative estimate of drug-likeness (QED) is 0.815. The van der Waals surface area contributed by atoms with Crippen LogP contribution in [0.2, 0.25) is 0 Å². The zero-order valence-corrected chi connectivity index (χ0v) is 13.6. The molecule has 0 heterocycles. The number of aryl methyl sites for hydroxylation is 1. The molecule has 0 saturated carbocycles. The van der Waals surface area contributed by atoms with Gasteiger partial charge >= 0.3 is 0 Å².